The van der Waals surface area contributed by atoms with Crippen molar-refractivity contribution < 1.29 is 13.9 Å². The summed E-state index contributed by atoms with van der Waals surface area (Å²) in [6.07, 6.45) is 0.177. The highest BCUT2D eigenvalue weighted by Crippen LogP contribution is 2.38. The summed E-state index contributed by atoms with van der Waals surface area (Å²) in [5.74, 6) is 1.19. The van der Waals surface area contributed by atoms with Crippen molar-refractivity contribution in [3.63, 3.8) is 0 Å². The summed E-state index contributed by atoms with van der Waals surface area (Å²) >= 11 is 0. The lowest BCUT2D eigenvalue weighted by Gasteiger charge is -2.44. The maximum atomic E-state index is 13.8. The molecule has 2 aliphatic heterocycles. The second-order valence-electron chi connectivity index (χ2n) is 7.88. The van der Waals surface area contributed by atoms with Gasteiger partial charge in [0.25, 0.3) is 0 Å². The molecule has 0 bridgehead atoms. The topological polar surface area (TPSA) is 62.4 Å². The number of H-pyrrole nitrogens is 1. The fourth-order valence-electron chi connectivity index (χ4n) is 4.44. The summed E-state index contributed by atoms with van der Waals surface area (Å²) < 4.78 is 25.5. The van der Waals surface area contributed by atoms with E-state index in [0.29, 0.717) is 19.0 Å². The first-order valence-electron chi connectivity index (χ1n) is 10.1. The van der Waals surface area contributed by atoms with Gasteiger partial charge in [0, 0.05) is 24.7 Å². The van der Waals surface area contributed by atoms with E-state index in [1.807, 2.05) is 31.2 Å². The number of nitrogens with zero attached hydrogens (tertiary/aromatic N) is 2. The molecule has 3 unspecified atom stereocenters. The van der Waals surface area contributed by atoms with Gasteiger partial charge in [-0.25, -0.2) is 9.37 Å². The maximum absolute atomic E-state index is 13.8. The van der Waals surface area contributed by atoms with Crippen molar-refractivity contribution in [1.82, 2.24) is 14.9 Å². The minimum atomic E-state index is -0.286. The predicted octanol–water partition coefficient (Wildman–Crippen LogP) is 3.65. The molecular formula is C22H25FN4O2. The zero-order chi connectivity index (χ0) is 20.0. The van der Waals surface area contributed by atoms with Gasteiger partial charge in [-0.05, 0) is 32.0 Å². The molecule has 5 rings (SSSR count). The lowest BCUT2D eigenvalue weighted by atomic mass is 9.94. The minimum Gasteiger partial charge on any atom is -0.491 e. The predicted molar refractivity (Wildman–Crippen MR) is 110 cm³/mol. The Balaban J connectivity index is 1.55. The molecule has 0 spiro atoms. The summed E-state index contributed by atoms with van der Waals surface area (Å²) in [4.78, 5) is 10.4. The highest BCUT2D eigenvalue weighted by Gasteiger charge is 2.37. The van der Waals surface area contributed by atoms with Gasteiger partial charge in [-0.3, -0.25) is 4.90 Å². The van der Waals surface area contributed by atoms with E-state index >= 15 is 0 Å². The number of halogens is 1. The van der Waals surface area contributed by atoms with Crippen LogP contribution in [0.4, 0.5) is 10.1 Å². The number of aryl methyl sites for hydroxylation is 1. The van der Waals surface area contributed by atoms with Gasteiger partial charge >= 0.3 is 0 Å². The zero-order valence-corrected chi connectivity index (χ0v) is 16.6. The van der Waals surface area contributed by atoms with Crippen LogP contribution in [-0.2, 0) is 4.74 Å². The van der Waals surface area contributed by atoms with E-state index < -0.39 is 0 Å². The molecular weight excluding hydrogens is 371 g/mol. The fourth-order valence-corrected chi connectivity index (χ4v) is 4.44. The molecule has 2 N–H and O–H groups in total. The van der Waals surface area contributed by atoms with E-state index in [9.17, 15) is 4.39 Å². The molecule has 0 amide bonds. The molecule has 2 aliphatic rings. The first-order valence-corrected chi connectivity index (χ1v) is 10.1. The lowest BCUT2D eigenvalue weighted by molar-refractivity contribution is -0.0465. The summed E-state index contributed by atoms with van der Waals surface area (Å²) in [6.45, 7) is 6.93. The monoisotopic (exact) mass is 396 g/mol. The number of morpholine rings is 1. The Labute approximate surface area is 169 Å². The summed E-state index contributed by atoms with van der Waals surface area (Å²) in [7, 11) is 0. The number of imidazole rings is 1. The number of nitrogens with one attached hydrogen (secondary N) is 2. The number of hydrogen-bond donors (Lipinski definition) is 2. The van der Waals surface area contributed by atoms with Gasteiger partial charge in [0.15, 0.2) is 0 Å². The van der Waals surface area contributed by atoms with E-state index in [0.717, 1.165) is 41.2 Å². The van der Waals surface area contributed by atoms with Crippen LogP contribution in [0.5, 0.6) is 5.75 Å². The van der Waals surface area contributed by atoms with Crippen LogP contribution in [0.15, 0.2) is 36.4 Å². The average molecular weight is 396 g/mol. The van der Waals surface area contributed by atoms with Crippen molar-refractivity contribution in [2.75, 3.05) is 31.6 Å². The molecule has 1 fully saturated rings. The van der Waals surface area contributed by atoms with Gasteiger partial charge in [0.2, 0.25) is 0 Å². The van der Waals surface area contributed by atoms with Crippen molar-refractivity contribution in [1.29, 1.82) is 0 Å². The number of benzene rings is 2. The van der Waals surface area contributed by atoms with Crippen LogP contribution in [-0.4, -0.2) is 53.3 Å². The molecule has 0 radical (unpaired) electrons. The van der Waals surface area contributed by atoms with Crippen LogP contribution in [0.2, 0.25) is 0 Å². The first kappa shape index (κ1) is 18.4. The molecule has 2 aromatic carbocycles. The molecule has 0 aliphatic carbocycles. The summed E-state index contributed by atoms with van der Waals surface area (Å²) in [5.41, 5.74) is 3.83. The van der Waals surface area contributed by atoms with E-state index in [1.165, 1.54) is 12.1 Å². The number of fused-ring (bicyclic) bond motifs is 2. The second kappa shape index (κ2) is 7.31. The van der Waals surface area contributed by atoms with Crippen LogP contribution < -0.4 is 10.1 Å². The van der Waals surface area contributed by atoms with Crippen molar-refractivity contribution >= 4 is 16.7 Å². The van der Waals surface area contributed by atoms with Gasteiger partial charge in [0.1, 0.15) is 29.5 Å². The number of rotatable bonds is 3. The Morgan fingerprint density at radius 3 is 3.03 bits per heavy atom. The third kappa shape index (κ3) is 3.45. The minimum absolute atomic E-state index is 0.0488. The van der Waals surface area contributed by atoms with Crippen molar-refractivity contribution in [2.45, 2.75) is 32.0 Å². The number of aromatic nitrogens is 2. The number of anilines is 1. The van der Waals surface area contributed by atoms with E-state index in [-0.39, 0.29) is 24.0 Å². The number of ether oxygens (including phenoxy) is 2. The molecule has 3 heterocycles. The quantitative estimate of drug-likeness (QED) is 0.708. The molecule has 1 saturated heterocycles. The zero-order valence-electron chi connectivity index (χ0n) is 16.6. The van der Waals surface area contributed by atoms with Crippen molar-refractivity contribution in [3.8, 4) is 5.75 Å². The van der Waals surface area contributed by atoms with Gasteiger partial charge in [-0.1, -0.05) is 12.1 Å². The molecule has 3 atom stereocenters. The van der Waals surface area contributed by atoms with E-state index in [2.05, 4.69) is 27.1 Å². The van der Waals surface area contributed by atoms with E-state index in [4.69, 9.17) is 9.47 Å². The Kier molecular flexibility index (Phi) is 4.64. The average Bonchev–Trinajstić information content (AvgIpc) is 3.09. The van der Waals surface area contributed by atoms with E-state index in [1.54, 1.807) is 0 Å². The Morgan fingerprint density at radius 1 is 1.28 bits per heavy atom. The Morgan fingerprint density at radius 2 is 2.17 bits per heavy atom. The lowest BCUT2D eigenvalue weighted by Crippen LogP contribution is -2.54. The standard InChI is InChI=1S/C22H25FN4O2/c1-13-11-27(8-9-28-13)19-12-29-20-10-15(23)6-7-16(20)21(19)26-18-5-3-4-17-22(18)25-14(2)24-17/h3-7,10,13,19,21,26H,8-9,11-12H2,1-2H3,(H,24,25). The number of para-hydroxylation sites is 1. The molecule has 7 heteroatoms. The van der Waals surface area contributed by atoms with Crippen LogP contribution in [0, 0.1) is 12.7 Å². The highest BCUT2D eigenvalue weighted by molar-refractivity contribution is 5.88. The number of hydrogen-bond acceptors (Lipinski definition) is 5. The summed E-state index contributed by atoms with van der Waals surface area (Å²) in [5, 5.41) is 3.71. The van der Waals surface area contributed by atoms with Gasteiger partial charge in [-0.2, -0.15) is 0 Å². The first-order chi connectivity index (χ1) is 14.1. The van der Waals surface area contributed by atoms with Crippen LogP contribution in [0.25, 0.3) is 11.0 Å². The van der Waals surface area contributed by atoms with Crippen LogP contribution in [0.1, 0.15) is 24.4 Å². The maximum Gasteiger partial charge on any atom is 0.127 e. The van der Waals surface area contributed by atoms with Gasteiger partial charge in [-0.15, -0.1) is 0 Å². The fraction of sp³-hybridized carbons (Fsp3) is 0.409. The normalized spacial score (nSPS) is 24.9. The molecule has 0 saturated carbocycles. The largest absolute Gasteiger partial charge is 0.491 e. The Hall–Kier alpha value is -2.64. The smallest absolute Gasteiger partial charge is 0.127 e. The molecule has 29 heavy (non-hydrogen) atoms. The second-order valence-corrected chi connectivity index (χ2v) is 7.88. The van der Waals surface area contributed by atoms with Gasteiger partial charge in [0.05, 0.1) is 36.0 Å². The molecule has 3 aromatic rings. The Bertz CT molecular complexity index is 1040. The molecule has 1 aromatic heterocycles. The molecule has 152 valence electrons. The van der Waals surface area contributed by atoms with Crippen LogP contribution >= 0.6 is 0 Å². The SMILES string of the molecule is Cc1nc2c(NC3c4ccc(F)cc4OCC3N3CCOC(C)C3)cccc2[nH]1. The molecule has 6 nitrogen and oxygen atoms in total. The van der Waals surface area contributed by atoms with Crippen molar-refractivity contribution in [2.24, 2.45) is 0 Å². The van der Waals surface area contributed by atoms with Crippen molar-refractivity contribution in [3.05, 3.63) is 53.6 Å². The summed E-state index contributed by atoms with van der Waals surface area (Å²) in [6, 6.07) is 10.9. The van der Waals surface area contributed by atoms with Crippen LogP contribution in [0.3, 0.4) is 0 Å². The highest BCUT2D eigenvalue weighted by atomic mass is 19.1. The number of aromatic amines is 1. The van der Waals surface area contributed by atoms with Gasteiger partial charge < -0.3 is 19.8 Å². The third-order valence-corrected chi connectivity index (χ3v) is 5.79. The third-order valence-electron chi connectivity index (χ3n) is 5.79.